The molecule has 0 amide bonds. The largest absolute Gasteiger partial charge is 0.484 e. The van der Waals surface area contributed by atoms with Crippen LogP contribution in [0, 0.1) is 6.92 Å². The molecule has 6 heteroatoms. The van der Waals surface area contributed by atoms with Crippen LogP contribution in [0.1, 0.15) is 11.5 Å². The summed E-state index contributed by atoms with van der Waals surface area (Å²) in [6.07, 6.45) is 0. The van der Waals surface area contributed by atoms with Crippen molar-refractivity contribution in [3.8, 4) is 16.6 Å². The Morgan fingerprint density at radius 2 is 1.87 bits per heavy atom. The Kier molecular flexibility index (Phi) is 3.51. The van der Waals surface area contributed by atoms with Gasteiger partial charge in [-0.3, -0.25) is 0 Å². The molecular formula is C17H13N3O2S. The molecule has 0 N–H and O–H groups in total. The predicted molar refractivity (Wildman–Crippen MR) is 88.4 cm³/mol. The number of aromatic nitrogens is 3. The van der Waals surface area contributed by atoms with Gasteiger partial charge in [-0.2, -0.15) is 0 Å². The van der Waals surface area contributed by atoms with Crippen LogP contribution in [0.25, 0.3) is 21.1 Å². The topological polar surface area (TPSA) is 61.0 Å². The van der Waals surface area contributed by atoms with Gasteiger partial charge in [0.05, 0.1) is 10.2 Å². The number of nitrogens with zero attached hydrogens (tertiary/aromatic N) is 3. The van der Waals surface area contributed by atoms with E-state index in [0.29, 0.717) is 11.8 Å². The van der Waals surface area contributed by atoms with Crippen molar-refractivity contribution >= 4 is 21.6 Å². The van der Waals surface area contributed by atoms with Crippen molar-refractivity contribution < 1.29 is 9.15 Å². The van der Waals surface area contributed by atoms with Crippen LogP contribution in [0.15, 0.2) is 52.9 Å². The maximum atomic E-state index is 5.65. The zero-order valence-corrected chi connectivity index (χ0v) is 13.2. The summed E-state index contributed by atoms with van der Waals surface area (Å²) in [4.78, 5) is 4.51. The predicted octanol–water partition coefficient (Wildman–Crippen LogP) is 4.23. The fourth-order valence-corrected chi connectivity index (χ4v) is 3.03. The molecule has 23 heavy (non-hydrogen) atoms. The van der Waals surface area contributed by atoms with E-state index in [1.54, 1.807) is 0 Å². The summed E-state index contributed by atoms with van der Waals surface area (Å²) >= 11 is 1.53. The number of para-hydroxylation sites is 1. The summed E-state index contributed by atoms with van der Waals surface area (Å²) < 4.78 is 12.4. The lowest BCUT2D eigenvalue weighted by molar-refractivity contribution is 0.264. The van der Waals surface area contributed by atoms with Crippen LogP contribution in [-0.2, 0) is 6.61 Å². The molecule has 0 bridgehead atoms. The molecule has 0 saturated heterocycles. The third-order valence-electron chi connectivity index (χ3n) is 3.33. The third kappa shape index (κ3) is 2.93. The van der Waals surface area contributed by atoms with Crippen molar-refractivity contribution in [2.24, 2.45) is 0 Å². The number of thiazole rings is 1. The highest BCUT2D eigenvalue weighted by Gasteiger charge is 2.13. The Balaban J connectivity index is 1.51. The van der Waals surface area contributed by atoms with Gasteiger partial charge in [0, 0.05) is 0 Å². The molecule has 0 aliphatic carbocycles. The normalized spacial score (nSPS) is 11.0. The Bertz CT molecular complexity index is 911. The lowest BCUT2D eigenvalue weighted by Gasteiger charge is -2.02. The summed E-state index contributed by atoms with van der Waals surface area (Å²) in [5.74, 6) is 1.63. The van der Waals surface area contributed by atoms with Crippen molar-refractivity contribution in [2.45, 2.75) is 13.5 Å². The van der Waals surface area contributed by atoms with Crippen molar-refractivity contribution in [2.75, 3.05) is 0 Å². The van der Waals surface area contributed by atoms with Crippen molar-refractivity contribution in [1.82, 2.24) is 15.2 Å². The van der Waals surface area contributed by atoms with E-state index in [1.807, 2.05) is 55.5 Å². The van der Waals surface area contributed by atoms with Crippen molar-refractivity contribution in [3.05, 3.63) is 60.0 Å². The summed E-state index contributed by atoms with van der Waals surface area (Å²) in [6.45, 7) is 2.27. The van der Waals surface area contributed by atoms with Crippen LogP contribution in [0.5, 0.6) is 5.75 Å². The lowest BCUT2D eigenvalue weighted by atomic mass is 10.2. The van der Waals surface area contributed by atoms with E-state index in [4.69, 9.17) is 9.15 Å². The van der Waals surface area contributed by atoms with Gasteiger partial charge >= 0.3 is 0 Å². The lowest BCUT2D eigenvalue weighted by Crippen LogP contribution is -1.95. The van der Waals surface area contributed by atoms with E-state index in [9.17, 15) is 0 Å². The highest BCUT2D eigenvalue weighted by Crippen LogP contribution is 2.29. The molecule has 0 spiro atoms. The smallest absolute Gasteiger partial charge is 0.276 e. The third-order valence-corrected chi connectivity index (χ3v) is 4.35. The molecular weight excluding hydrogens is 310 g/mol. The van der Waals surface area contributed by atoms with Crippen LogP contribution in [0.2, 0.25) is 0 Å². The maximum absolute atomic E-state index is 5.65. The fourth-order valence-electron chi connectivity index (χ4n) is 2.14. The molecule has 0 saturated carbocycles. The molecule has 0 aliphatic heterocycles. The van der Waals surface area contributed by atoms with Crippen LogP contribution in [0.3, 0.4) is 0 Å². The van der Waals surface area contributed by atoms with E-state index in [1.165, 1.54) is 16.9 Å². The van der Waals surface area contributed by atoms with Gasteiger partial charge < -0.3 is 9.15 Å². The average molecular weight is 323 g/mol. The van der Waals surface area contributed by atoms with Gasteiger partial charge in [-0.25, -0.2) is 4.98 Å². The van der Waals surface area contributed by atoms with Crippen LogP contribution >= 0.6 is 11.3 Å². The Hall–Kier alpha value is -2.73. The standard InChI is InChI=1S/C17H13N3O2S/c1-11-6-8-12(9-7-11)21-10-15-19-20-16(22-15)17-18-13-4-2-3-5-14(13)23-17/h2-9H,10H2,1H3. The van der Waals surface area contributed by atoms with E-state index in [-0.39, 0.29) is 6.61 Å². The number of hydrogen-bond acceptors (Lipinski definition) is 6. The van der Waals surface area contributed by atoms with Crippen LogP contribution in [0.4, 0.5) is 0 Å². The summed E-state index contributed by atoms with van der Waals surface area (Å²) in [5, 5.41) is 8.80. The van der Waals surface area contributed by atoms with E-state index in [0.717, 1.165) is 21.0 Å². The first kappa shape index (κ1) is 13.9. The molecule has 0 fully saturated rings. The highest BCUT2D eigenvalue weighted by atomic mass is 32.1. The van der Waals surface area contributed by atoms with Crippen LogP contribution < -0.4 is 4.74 Å². The van der Waals surface area contributed by atoms with E-state index < -0.39 is 0 Å². The highest BCUT2D eigenvalue weighted by molar-refractivity contribution is 7.21. The second-order valence-electron chi connectivity index (χ2n) is 5.09. The van der Waals surface area contributed by atoms with Crippen molar-refractivity contribution in [3.63, 3.8) is 0 Å². The summed E-state index contributed by atoms with van der Waals surface area (Å²) in [6, 6.07) is 15.8. The number of fused-ring (bicyclic) bond motifs is 1. The molecule has 4 rings (SSSR count). The minimum absolute atomic E-state index is 0.237. The van der Waals surface area contributed by atoms with Gasteiger partial charge in [0.1, 0.15) is 5.75 Å². The van der Waals surface area contributed by atoms with Crippen LogP contribution in [-0.4, -0.2) is 15.2 Å². The molecule has 0 atom stereocenters. The van der Waals surface area contributed by atoms with Gasteiger partial charge in [-0.05, 0) is 31.2 Å². The van der Waals surface area contributed by atoms with Gasteiger partial charge in [0.2, 0.25) is 0 Å². The molecule has 2 aromatic heterocycles. The first-order valence-corrected chi connectivity index (χ1v) is 7.97. The number of aryl methyl sites for hydroxylation is 1. The SMILES string of the molecule is Cc1ccc(OCc2nnc(-c3nc4ccccc4s3)o2)cc1. The quantitative estimate of drug-likeness (QED) is 0.562. The van der Waals surface area contributed by atoms with Gasteiger partial charge in [0.15, 0.2) is 11.6 Å². The summed E-state index contributed by atoms with van der Waals surface area (Å²) in [5.41, 5.74) is 2.12. The zero-order valence-electron chi connectivity index (χ0n) is 12.4. The minimum atomic E-state index is 0.237. The molecule has 4 aromatic rings. The molecule has 5 nitrogen and oxygen atoms in total. The second-order valence-corrected chi connectivity index (χ2v) is 6.12. The van der Waals surface area contributed by atoms with Gasteiger partial charge in [-0.1, -0.05) is 29.8 Å². The molecule has 0 unspecified atom stereocenters. The maximum Gasteiger partial charge on any atom is 0.276 e. The first-order valence-electron chi connectivity index (χ1n) is 7.16. The molecule has 2 heterocycles. The van der Waals surface area contributed by atoms with Gasteiger partial charge in [0.25, 0.3) is 11.8 Å². The zero-order chi connectivity index (χ0) is 15.6. The Morgan fingerprint density at radius 1 is 1.04 bits per heavy atom. The van der Waals surface area contributed by atoms with E-state index >= 15 is 0 Å². The second kappa shape index (κ2) is 5.81. The number of rotatable bonds is 4. The summed E-state index contributed by atoms with van der Waals surface area (Å²) in [7, 11) is 0. The number of hydrogen-bond donors (Lipinski definition) is 0. The van der Waals surface area contributed by atoms with Gasteiger partial charge in [-0.15, -0.1) is 21.5 Å². The monoisotopic (exact) mass is 323 g/mol. The average Bonchev–Trinajstić information content (AvgIpc) is 3.21. The molecule has 0 aliphatic rings. The number of benzene rings is 2. The van der Waals surface area contributed by atoms with Crippen molar-refractivity contribution in [1.29, 1.82) is 0 Å². The number of ether oxygens (including phenoxy) is 1. The fraction of sp³-hybridized carbons (Fsp3) is 0.118. The minimum Gasteiger partial charge on any atom is -0.484 e. The molecule has 114 valence electrons. The molecule has 2 aromatic carbocycles. The Labute approximate surface area is 136 Å². The first-order chi connectivity index (χ1) is 11.3. The molecule has 0 radical (unpaired) electrons. The van der Waals surface area contributed by atoms with E-state index in [2.05, 4.69) is 15.2 Å². The Morgan fingerprint density at radius 3 is 2.70 bits per heavy atom.